The van der Waals surface area contributed by atoms with Gasteiger partial charge in [0.2, 0.25) is 10.0 Å². The van der Waals surface area contributed by atoms with Crippen LogP contribution < -0.4 is 10.9 Å². The van der Waals surface area contributed by atoms with Crippen molar-refractivity contribution >= 4 is 25.5 Å². The minimum atomic E-state index is -4.00. The lowest BCUT2D eigenvalue weighted by atomic mass is 10.1. The van der Waals surface area contributed by atoms with Crippen LogP contribution in [0.2, 0.25) is 0 Å². The molecule has 0 heterocycles. The summed E-state index contributed by atoms with van der Waals surface area (Å²) in [6.45, 7) is 3.36. The van der Waals surface area contributed by atoms with E-state index in [1.165, 1.54) is 24.3 Å². The van der Waals surface area contributed by atoms with Crippen molar-refractivity contribution in [2.24, 2.45) is 5.14 Å². The van der Waals surface area contributed by atoms with E-state index in [0.717, 1.165) is 0 Å². The van der Waals surface area contributed by atoms with Crippen LogP contribution in [0.4, 0.5) is 5.69 Å². The molecule has 0 unspecified atom stereocenters. The van der Waals surface area contributed by atoms with Crippen LogP contribution in [0.5, 0.6) is 0 Å². The van der Waals surface area contributed by atoms with Gasteiger partial charge in [-0.1, -0.05) is 18.2 Å². The van der Waals surface area contributed by atoms with E-state index in [1.54, 1.807) is 26.0 Å². The van der Waals surface area contributed by atoms with Gasteiger partial charge in [0.05, 0.1) is 15.5 Å². The Morgan fingerprint density at radius 3 is 2.13 bits per heavy atom. The second kappa shape index (κ2) is 5.95. The molecule has 2 rings (SSSR count). The van der Waals surface area contributed by atoms with Crippen LogP contribution in [0.15, 0.2) is 46.2 Å². The molecule has 0 amide bonds. The smallest absolute Gasteiger partial charge is 0.238 e. The number of nitrogen functional groups attached to an aromatic ring is 1. The van der Waals surface area contributed by atoms with Crippen molar-refractivity contribution in [2.45, 2.75) is 29.4 Å². The Kier molecular flexibility index (Phi) is 4.52. The molecule has 0 atom stereocenters. The zero-order chi connectivity index (χ0) is 17.4. The number of rotatable bonds is 4. The predicted molar refractivity (Wildman–Crippen MR) is 89.0 cm³/mol. The van der Waals surface area contributed by atoms with Gasteiger partial charge in [-0.25, -0.2) is 22.0 Å². The van der Waals surface area contributed by atoms with E-state index >= 15 is 0 Å². The maximum Gasteiger partial charge on any atom is 0.238 e. The molecule has 8 heteroatoms. The quantitative estimate of drug-likeness (QED) is 0.806. The molecule has 0 aliphatic rings. The van der Waals surface area contributed by atoms with Crippen molar-refractivity contribution in [3.05, 3.63) is 53.1 Å². The molecule has 0 spiro atoms. The van der Waals surface area contributed by atoms with E-state index in [1.807, 2.05) is 0 Å². The van der Waals surface area contributed by atoms with E-state index in [0.29, 0.717) is 16.8 Å². The van der Waals surface area contributed by atoms with Gasteiger partial charge in [0.1, 0.15) is 0 Å². The summed E-state index contributed by atoms with van der Waals surface area (Å²) < 4.78 is 48.6. The maximum atomic E-state index is 12.7. The van der Waals surface area contributed by atoms with Gasteiger partial charge in [-0.3, -0.25) is 0 Å². The topological polar surface area (TPSA) is 120 Å². The minimum Gasteiger partial charge on any atom is -0.399 e. The van der Waals surface area contributed by atoms with Gasteiger partial charge in [-0.15, -0.1) is 0 Å². The fourth-order valence-electron chi connectivity index (χ4n) is 2.33. The van der Waals surface area contributed by atoms with E-state index in [9.17, 15) is 16.8 Å². The Morgan fingerprint density at radius 2 is 1.52 bits per heavy atom. The highest BCUT2D eigenvalue weighted by molar-refractivity contribution is 7.91. The molecular formula is C15H18N2O4S2. The highest BCUT2D eigenvalue weighted by Crippen LogP contribution is 2.26. The van der Waals surface area contributed by atoms with Crippen LogP contribution in [0, 0.1) is 13.8 Å². The molecule has 124 valence electrons. The van der Waals surface area contributed by atoms with Crippen LogP contribution in [0.25, 0.3) is 0 Å². The van der Waals surface area contributed by atoms with Crippen molar-refractivity contribution in [3.8, 4) is 0 Å². The lowest BCUT2D eigenvalue weighted by Crippen LogP contribution is -2.16. The number of anilines is 1. The summed E-state index contributed by atoms with van der Waals surface area (Å²) in [4.78, 5) is -0.0539. The van der Waals surface area contributed by atoms with Crippen molar-refractivity contribution in [3.63, 3.8) is 0 Å². The van der Waals surface area contributed by atoms with Crippen molar-refractivity contribution < 1.29 is 16.8 Å². The molecule has 0 saturated heterocycles. The molecule has 2 aromatic rings. The zero-order valence-corrected chi connectivity index (χ0v) is 14.4. The van der Waals surface area contributed by atoms with Crippen molar-refractivity contribution in [1.82, 2.24) is 0 Å². The van der Waals surface area contributed by atoms with Crippen LogP contribution in [-0.4, -0.2) is 16.8 Å². The first kappa shape index (κ1) is 17.5. The summed E-state index contributed by atoms with van der Waals surface area (Å²) in [5.74, 6) is -0.455. The average molecular weight is 354 g/mol. The molecule has 6 nitrogen and oxygen atoms in total. The van der Waals surface area contributed by atoms with E-state index in [2.05, 4.69) is 0 Å². The maximum absolute atomic E-state index is 12.7. The number of primary sulfonamides is 1. The fraction of sp³-hybridized carbons (Fsp3) is 0.200. The number of sulfonamides is 1. The van der Waals surface area contributed by atoms with E-state index < -0.39 is 25.6 Å². The van der Waals surface area contributed by atoms with Gasteiger partial charge >= 0.3 is 0 Å². The third kappa shape index (κ3) is 3.72. The first-order valence-electron chi connectivity index (χ1n) is 6.72. The SMILES string of the molecule is Cc1cc(S(=O)(=O)Cc2ccccc2S(N)(=O)=O)c(C)cc1N. The molecule has 0 bridgehead atoms. The standard InChI is InChI=1S/C15H18N2O4S2/c1-10-8-15(11(2)7-13(10)16)22(18,19)9-12-5-3-4-6-14(12)23(17,20)21/h3-8H,9,16H2,1-2H3,(H2,17,20,21). The second-order valence-electron chi connectivity index (χ2n) is 5.39. The molecule has 4 N–H and O–H groups in total. The van der Waals surface area contributed by atoms with Gasteiger partial charge in [-0.2, -0.15) is 0 Å². The molecule has 0 aliphatic heterocycles. The monoisotopic (exact) mass is 354 g/mol. The first-order valence-corrected chi connectivity index (χ1v) is 9.92. The van der Waals surface area contributed by atoms with Gasteiger partial charge in [0, 0.05) is 5.69 Å². The highest BCUT2D eigenvalue weighted by Gasteiger charge is 2.23. The van der Waals surface area contributed by atoms with Gasteiger partial charge in [0.25, 0.3) is 0 Å². The number of aryl methyl sites for hydroxylation is 2. The van der Waals surface area contributed by atoms with Gasteiger partial charge in [0.15, 0.2) is 9.84 Å². The molecule has 0 radical (unpaired) electrons. The Bertz CT molecular complexity index is 965. The van der Waals surface area contributed by atoms with Crippen LogP contribution in [-0.2, 0) is 25.6 Å². The molecule has 2 aromatic carbocycles. The number of hydrogen-bond donors (Lipinski definition) is 2. The normalized spacial score (nSPS) is 12.3. The molecule has 0 aliphatic carbocycles. The summed E-state index contributed by atoms with van der Waals surface area (Å²) in [6.07, 6.45) is 0. The Hall–Kier alpha value is -1.90. The van der Waals surface area contributed by atoms with E-state index in [-0.39, 0.29) is 15.4 Å². The summed E-state index contributed by atoms with van der Waals surface area (Å²) in [5.41, 5.74) is 7.59. The molecule has 0 aromatic heterocycles. The lowest BCUT2D eigenvalue weighted by Gasteiger charge is -2.12. The molecular weight excluding hydrogens is 336 g/mol. The molecule has 23 heavy (non-hydrogen) atoms. The van der Waals surface area contributed by atoms with Crippen LogP contribution in [0.3, 0.4) is 0 Å². The minimum absolute atomic E-state index is 0.133. The third-order valence-electron chi connectivity index (χ3n) is 3.52. The molecule has 0 fully saturated rings. The molecule has 0 saturated carbocycles. The predicted octanol–water partition coefficient (Wildman–Crippen LogP) is 1.51. The number of sulfone groups is 1. The van der Waals surface area contributed by atoms with Crippen molar-refractivity contribution in [1.29, 1.82) is 0 Å². The van der Waals surface area contributed by atoms with E-state index in [4.69, 9.17) is 10.9 Å². The van der Waals surface area contributed by atoms with Crippen LogP contribution >= 0.6 is 0 Å². The number of benzene rings is 2. The van der Waals surface area contributed by atoms with Gasteiger partial charge in [-0.05, 0) is 48.7 Å². The van der Waals surface area contributed by atoms with Gasteiger partial charge < -0.3 is 5.73 Å². The summed E-state index contributed by atoms with van der Waals surface area (Å²) in [5, 5.41) is 5.15. The summed E-state index contributed by atoms with van der Waals surface area (Å²) in [7, 11) is -7.74. The van der Waals surface area contributed by atoms with Crippen molar-refractivity contribution in [2.75, 3.05) is 5.73 Å². The second-order valence-corrected chi connectivity index (χ2v) is 8.87. The largest absolute Gasteiger partial charge is 0.399 e. The Labute approximate surface area is 136 Å². The summed E-state index contributed by atoms with van der Waals surface area (Å²) >= 11 is 0. The fourth-order valence-corrected chi connectivity index (χ4v) is 4.92. The summed E-state index contributed by atoms with van der Waals surface area (Å²) in [6, 6.07) is 8.89. The number of hydrogen-bond acceptors (Lipinski definition) is 5. The Balaban J connectivity index is 2.55. The Morgan fingerprint density at radius 1 is 0.913 bits per heavy atom. The zero-order valence-electron chi connectivity index (χ0n) is 12.8. The third-order valence-corrected chi connectivity index (χ3v) is 6.34. The number of nitrogens with two attached hydrogens (primary N) is 2. The lowest BCUT2D eigenvalue weighted by molar-refractivity contribution is 0.593. The first-order chi connectivity index (χ1) is 10.5. The van der Waals surface area contributed by atoms with Crippen LogP contribution in [0.1, 0.15) is 16.7 Å². The average Bonchev–Trinajstić information content (AvgIpc) is 2.41. The highest BCUT2D eigenvalue weighted by atomic mass is 32.2.